The van der Waals surface area contributed by atoms with E-state index in [2.05, 4.69) is 16.9 Å². The minimum Gasteiger partial charge on any atom is -0.598 e. The van der Waals surface area contributed by atoms with Gasteiger partial charge >= 0.3 is 6.09 Å². The Morgan fingerprint density at radius 1 is 1.35 bits per heavy atom. The average Bonchev–Trinajstić information content (AvgIpc) is 2.51. The number of rotatable bonds is 2. The van der Waals surface area contributed by atoms with Crippen molar-refractivity contribution in [3.63, 3.8) is 0 Å². The Kier molecular flexibility index (Phi) is 4.11. The average molecular weight is 336 g/mol. The second-order valence-electron chi connectivity index (χ2n) is 7.44. The van der Waals surface area contributed by atoms with Gasteiger partial charge in [-0.3, -0.25) is 0 Å². The van der Waals surface area contributed by atoms with Crippen LogP contribution in [-0.4, -0.2) is 38.5 Å². The van der Waals surface area contributed by atoms with Gasteiger partial charge in [-0.05, 0) is 44.7 Å². The van der Waals surface area contributed by atoms with Crippen molar-refractivity contribution >= 4 is 17.5 Å². The molecule has 2 aliphatic rings. The standard InChI is InChI=1S/C17H24N2O3S/c1-16(2,3)23(22)18-14-12-6-4-5-7-13(12)17(14)8-10-19(11-9-17)15(20)21/h4-7,14,18H,8-11H2,1-3H3,(H,20,21)/t14-,23-/m1/s1. The fourth-order valence-corrected chi connectivity index (χ4v) is 4.61. The number of hydrogen-bond acceptors (Lipinski definition) is 3. The summed E-state index contributed by atoms with van der Waals surface area (Å²) in [7, 11) is 0. The van der Waals surface area contributed by atoms with Crippen molar-refractivity contribution < 1.29 is 14.5 Å². The number of carbonyl (C=O) groups is 1. The molecule has 1 aliphatic heterocycles. The number of nitrogens with one attached hydrogen (secondary N) is 1. The van der Waals surface area contributed by atoms with E-state index in [1.807, 2.05) is 32.9 Å². The van der Waals surface area contributed by atoms with Gasteiger partial charge in [-0.2, -0.15) is 0 Å². The van der Waals surface area contributed by atoms with Crippen LogP contribution in [0.25, 0.3) is 0 Å². The van der Waals surface area contributed by atoms with Crippen LogP contribution in [0, 0.1) is 0 Å². The van der Waals surface area contributed by atoms with Crippen molar-refractivity contribution in [3.05, 3.63) is 35.4 Å². The monoisotopic (exact) mass is 336 g/mol. The zero-order valence-corrected chi connectivity index (χ0v) is 14.7. The van der Waals surface area contributed by atoms with Gasteiger partial charge in [-0.25, -0.2) is 4.79 Å². The fraction of sp³-hybridized carbons (Fsp3) is 0.588. The molecule has 1 spiro atoms. The third-order valence-electron chi connectivity index (χ3n) is 5.07. The molecule has 1 saturated heterocycles. The quantitative estimate of drug-likeness (QED) is 0.814. The van der Waals surface area contributed by atoms with Crippen molar-refractivity contribution in [1.29, 1.82) is 0 Å². The molecule has 2 N–H and O–H groups in total. The van der Waals surface area contributed by atoms with Crippen molar-refractivity contribution in [3.8, 4) is 0 Å². The first-order valence-corrected chi connectivity index (χ1v) is 9.16. The smallest absolute Gasteiger partial charge is 0.407 e. The van der Waals surface area contributed by atoms with Gasteiger partial charge in [0.1, 0.15) is 4.75 Å². The molecule has 0 bridgehead atoms. The normalized spacial score (nSPS) is 24.0. The summed E-state index contributed by atoms with van der Waals surface area (Å²) in [6, 6.07) is 8.29. The van der Waals surface area contributed by atoms with Crippen molar-refractivity contribution in [1.82, 2.24) is 9.62 Å². The predicted octanol–water partition coefficient (Wildman–Crippen LogP) is 2.80. The Morgan fingerprint density at radius 2 is 1.96 bits per heavy atom. The maximum absolute atomic E-state index is 12.6. The highest BCUT2D eigenvalue weighted by atomic mass is 32.2. The van der Waals surface area contributed by atoms with Crippen molar-refractivity contribution in [2.45, 2.75) is 49.8 Å². The summed E-state index contributed by atoms with van der Waals surface area (Å²) in [5, 5.41) is 9.17. The van der Waals surface area contributed by atoms with E-state index >= 15 is 0 Å². The molecule has 126 valence electrons. The number of fused-ring (bicyclic) bond motifs is 2. The number of piperidine rings is 1. The molecule has 0 unspecified atom stereocenters. The summed E-state index contributed by atoms with van der Waals surface area (Å²) in [6.07, 6.45) is 0.695. The third kappa shape index (κ3) is 2.73. The molecule has 5 nitrogen and oxygen atoms in total. The highest BCUT2D eigenvalue weighted by Gasteiger charge is 2.55. The number of nitrogens with zero attached hydrogens (tertiary/aromatic N) is 1. The van der Waals surface area contributed by atoms with Crippen molar-refractivity contribution in [2.24, 2.45) is 0 Å². The van der Waals surface area contributed by atoms with Crippen LogP contribution in [0.15, 0.2) is 24.3 Å². The van der Waals surface area contributed by atoms with E-state index in [0.29, 0.717) is 13.1 Å². The lowest BCUT2D eigenvalue weighted by molar-refractivity contribution is 0.0952. The third-order valence-corrected chi connectivity index (χ3v) is 6.63. The molecule has 23 heavy (non-hydrogen) atoms. The molecule has 1 heterocycles. The van der Waals surface area contributed by atoms with E-state index in [1.165, 1.54) is 16.0 Å². The lowest BCUT2D eigenvalue weighted by Crippen LogP contribution is -2.58. The van der Waals surface area contributed by atoms with Gasteiger partial charge in [0.15, 0.2) is 0 Å². The molecule has 1 aromatic rings. The molecule has 0 saturated carbocycles. The minimum absolute atomic E-state index is 0.0368. The van der Waals surface area contributed by atoms with E-state index in [9.17, 15) is 14.5 Å². The number of carboxylic acid groups (broad SMARTS) is 1. The van der Waals surface area contributed by atoms with Gasteiger partial charge in [-0.15, -0.1) is 4.72 Å². The van der Waals surface area contributed by atoms with Gasteiger partial charge in [0.25, 0.3) is 0 Å². The molecule has 1 aliphatic carbocycles. The van der Waals surface area contributed by atoms with E-state index < -0.39 is 17.5 Å². The Labute approximate surface area is 140 Å². The van der Waals surface area contributed by atoms with Crippen LogP contribution in [0.5, 0.6) is 0 Å². The molecule has 1 fully saturated rings. The molecular weight excluding hydrogens is 312 g/mol. The molecule has 2 atom stereocenters. The number of hydrogen-bond donors (Lipinski definition) is 2. The first-order chi connectivity index (χ1) is 10.8. The second-order valence-corrected chi connectivity index (χ2v) is 9.44. The summed E-state index contributed by atoms with van der Waals surface area (Å²) in [5.74, 6) is 0. The van der Waals surface area contributed by atoms with Crippen LogP contribution in [-0.2, 0) is 16.8 Å². The molecule has 6 heteroatoms. The fourth-order valence-electron chi connectivity index (χ4n) is 3.69. The van der Waals surface area contributed by atoms with E-state index in [4.69, 9.17) is 0 Å². The van der Waals surface area contributed by atoms with Gasteiger partial charge in [-0.1, -0.05) is 24.3 Å². The highest BCUT2D eigenvalue weighted by Crippen LogP contribution is 2.56. The van der Waals surface area contributed by atoms with Gasteiger partial charge in [0, 0.05) is 29.9 Å². The molecule has 1 aromatic carbocycles. The van der Waals surface area contributed by atoms with Gasteiger partial charge in [0.05, 0.1) is 6.04 Å². The summed E-state index contributed by atoms with van der Waals surface area (Å²) in [6.45, 7) is 6.94. The Bertz CT molecular complexity index is 606. The maximum Gasteiger partial charge on any atom is 0.407 e. The lowest BCUT2D eigenvalue weighted by atomic mass is 9.56. The van der Waals surface area contributed by atoms with Crippen LogP contribution in [0.4, 0.5) is 4.79 Å². The number of amides is 1. The predicted molar refractivity (Wildman–Crippen MR) is 90.7 cm³/mol. The van der Waals surface area contributed by atoms with E-state index in [1.54, 1.807) is 0 Å². The molecule has 0 aromatic heterocycles. The lowest BCUT2D eigenvalue weighted by Gasteiger charge is -2.54. The summed E-state index contributed by atoms with van der Waals surface area (Å²) in [4.78, 5) is 12.6. The van der Waals surface area contributed by atoms with Crippen LogP contribution in [0.2, 0.25) is 0 Å². The van der Waals surface area contributed by atoms with E-state index in [-0.39, 0.29) is 16.2 Å². The van der Waals surface area contributed by atoms with Crippen LogP contribution in [0.1, 0.15) is 50.8 Å². The topological polar surface area (TPSA) is 75.6 Å². The minimum atomic E-state index is -1.15. The molecule has 1 amide bonds. The SMILES string of the molecule is CC(C)(C)[S@@+]([O-])N[C@@H]1c2ccccc2C12CCN(C(=O)O)CC2. The maximum atomic E-state index is 12.6. The van der Waals surface area contributed by atoms with Crippen LogP contribution >= 0.6 is 0 Å². The number of benzene rings is 1. The zero-order valence-electron chi connectivity index (χ0n) is 13.8. The largest absolute Gasteiger partial charge is 0.598 e. The van der Waals surface area contributed by atoms with E-state index in [0.717, 1.165) is 12.8 Å². The van der Waals surface area contributed by atoms with Gasteiger partial charge < -0.3 is 14.6 Å². The Hall–Kier alpha value is -1.24. The summed E-state index contributed by atoms with van der Waals surface area (Å²) in [5.41, 5.74) is 2.39. The summed E-state index contributed by atoms with van der Waals surface area (Å²) < 4.78 is 15.6. The number of likely N-dealkylation sites (tertiary alicyclic amines) is 1. The summed E-state index contributed by atoms with van der Waals surface area (Å²) >= 11 is -1.15. The van der Waals surface area contributed by atoms with Gasteiger partial charge in [0.2, 0.25) is 0 Å². The molecular formula is C17H24N2O3S. The van der Waals surface area contributed by atoms with Crippen LogP contribution < -0.4 is 4.72 Å². The van der Waals surface area contributed by atoms with Crippen LogP contribution in [0.3, 0.4) is 0 Å². The molecule has 0 radical (unpaired) electrons. The zero-order chi connectivity index (χ0) is 16.8. The first-order valence-electron chi connectivity index (χ1n) is 8.01. The Morgan fingerprint density at radius 3 is 2.52 bits per heavy atom. The Balaban J connectivity index is 1.85. The van der Waals surface area contributed by atoms with Crippen molar-refractivity contribution in [2.75, 3.05) is 13.1 Å². The second kappa shape index (κ2) is 5.69. The molecule has 3 rings (SSSR count). The highest BCUT2D eigenvalue weighted by molar-refractivity contribution is 7.90. The first kappa shape index (κ1) is 16.6.